The number of piperazine rings is 1. The van der Waals surface area contributed by atoms with Crippen LogP contribution in [0.5, 0.6) is 5.88 Å². The highest BCUT2D eigenvalue weighted by Gasteiger charge is 2.44. The summed E-state index contributed by atoms with van der Waals surface area (Å²) < 4.78 is 18.6. The van der Waals surface area contributed by atoms with E-state index in [0.29, 0.717) is 12.1 Å². The van der Waals surface area contributed by atoms with E-state index in [2.05, 4.69) is 25.8 Å². The second kappa shape index (κ2) is 5.77. The summed E-state index contributed by atoms with van der Waals surface area (Å²) in [4.78, 5) is 13.2. The molecule has 0 spiro atoms. The second-order valence-corrected chi connectivity index (χ2v) is 6.14. The monoisotopic (exact) mass is 314 g/mol. The van der Waals surface area contributed by atoms with Crippen molar-refractivity contribution in [2.24, 2.45) is 0 Å². The molecular weight excluding hydrogens is 295 g/mol. The minimum atomic E-state index is -0.397. The van der Waals surface area contributed by atoms with E-state index in [1.165, 1.54) is 19.6 Å². The topological polar surface area (TPSA) is 41.5 Å². The van der Waals surface area contributed by atoms with Gasteiger partial charge in [-0.25, -0.2) is 14.4 Å². The Morgan fingerprint density at radius 2 is 2.09 bits per heavy atom. The molecule has 5 heterocycles. The van der Waals surface area contributed by atoms with Crippen LogP contribution >= 0.6 is 0 Å². The molecule has 2 unspecified atom stereocenters. The zero-order chi connectivity index (χ0) is 15.8. The van der Waals surface area contributed by atoms with Crippen molar-refractivity contribution in [2.45, 2.75) is 25.0 Å². The third kappa shape index (κ3) is 2.63. The summed E-state index contributed by atoms with van der Waals surface area (Å²) in [6, 6.07) is 8.54. The molecule has 3 saturated heterocycles. The standard InChI is InChI=1S/C17H19FN4O/c1-23-17-15(18)6-12(8-20-17)9-22-13-7-14(22)11-21(10-13)16-4-2-3-5-19-16/h2-6,8,13-14H,7,9-11H2,1H3. The Hall–Kier alpha value is -2.21. The molecule has 5 nitrogen and oxygen atoms in total. The molecule has 6 heteroatoms. The molecule has 3 aliphatic rings. The predicted octanol–water partition coefficient (Wildman–Crippen LogP) is 2.09. The number of halogens is 1. The van der Waals surface area contributed by atoms with Crippen molar-refractivity contribution in [3.8, 4) is 5.88 Å². The van der Waals surface area contributed by atoms with Gasteiger partial charge in [0.1, 0.15) is 5.82 Å². The molecule has 2 atom stereocenters. The predicted molar refractivity (Wildman–Crippen MR) is 84.9 cm³/mol. The lowest BCUT2D eigenvalue weighted by atomic mass is 9.87. The molecule has 0 radical (unpaired) electrons. The van der Waals surface area contributed by atoms with Crippen LogP contribution < -0.4 is 9.64 Å². The fourth-order valence-electron chi connectivity index (χ4n) is 3.59. The van der Waals surface area contributed by atoms with E-state index >= 15 is 0 Å². The van der Waals surface area contributed by atoms with Gasteiger partial charge < -0.3 is 9.64 Å². The Bertz CT molecular complexity index is 684. The molecular formula is C17H19FN4O. The van der Waals surface area contributed by atoms with Crippen LogP contribution in [0.4, 0.5) is 10.2 Å². The van der Waals surface area contributed by atoms with E-state index in [1.54, 1.807) is 6.20 Å². The van der Waals surface area contributed by atoms with Crippen LogP contribution in [0.15, 0.2) is 36.7 Å². The lowest BCUT2D eigenvalue weighted by Gasteiger charge is -2.56. The largest absolute Gasteiger partial charge is 0.479 e. The molecule has 5 rings (SSSR count). The fraction of sp³-hybridized carbons (Fsp3) is 0.412. The number of pyridine rings is 2. The molecule has 0 amide bonds. The van der Waals surface area contributed by atoms with Crippen molar-refractivity contribution in [1.29, 1.82) is 0 Å². The van der Waals surface area contributed by atoms with Crippen LogP contribution in [0.25, 0.3) is 0 Å². The lowest BCUT2D eigenvalue weighted by Crippen LogP contribution is -2.68. The van der Waals surface area contributed by atoms with Crippen LogP contribution in [0.3, 0.4) is 0 Å². The van der Waals surface area contributed by atoms with Gasteiger partial charge in [0, 0.05) is 44.1 Å². The van der Waals surface area contributed by atoms with Gasteiger partial charge >= 0.3 is 0 Å². The van der Waals surface area contributed by atoms with Crippen LogP contribution in [0.2, 0.25) is 0 Å². The van der Waals surface area contributed by atoms with E-state index in [-0.39, 0.29) is 5.88 Å². The number of aromatic nitrogens is 2. The number of methoxy groups -OCH3 is 1. The summed E-state index contributed by atoms with van der Waals surface area (Å²) in [7, 11) is 1.43. The summed E-state index contributed by atoms with van der Waals surface area (Å²) in [6.45, 7) is 2.68. The number of hydrogen-bond acceptors (Lipinski definition) is 5. The molecule has 2 aromatic heterocycles. The molecule has 0 aromatic carbocycles. The Labute approximate surface area is 134 Å². The molecule has 2 aromatic rings. The smallest absolute Gasteiger partial charge is 0.250 e. The fourth-order valence-corrected chi connectivity index (χ4v) is 3.59. The van der Waals surface area contributed by atoms with Gasteiger partial charge in [0.15, 0.2) is 5.82 Å². The van der Waals surface area contributed by atoms with Crippen molar-refractivity contribution < 1.29 is 9.13 Å². The third-order valence-electron chi connectivity index (χ3n) is 4.74. The molecule has 0 saturated carbocycles. The van der Waals surface area contributed by atoms with Gasteiger partial charge in [0.25, 0.3) is 0 Å². The van der Waals surface area contributed by atoms with Crippen LogP contribution in [0, 0.1) is 5.82 Å². The molecule has 0 N–H and O–H groups in total. The molecule has 3 aliphatic heterocycles. The Morgan fingerprint density at radius 1 is 1.26 bits per heavy atom. The Morgan fingerprint density at radius 3 is 2.74 bits per heavy atom. The highest BCUT2D eigenvalue weighted by Crippen LogP contribution is 2.35. The van der Waals surface area contributed by atoms with Crippen molar-refractivity contribution in [2.75, 3.05) is 25.1 Å². The minimum Gasteiger partial charge on any atom is -0.479 e. The number of ether oxygens (including phenoxy) is 1. The first kappa shape index (κ1) is 14.4. The number of anilines is 1. The number of hydrogen-bond donors (Lipinski definition) is 0. The highest BCUT2D eigenvalue weighted by atomic mass is 19.1. The maximum atomic E-state index is 13.8. The molecule has 2 bridgehead atoms. The average Bonchev–Trinajstić information content (AvgIpc) is 2.60. The van der Waals surface area contributed by atoms with Crippen LogP contribution in [-0.4, -0.2) is 47.2 Å². The summed E-state index contributed by atoms with van der Waals surface area (Å²) in [5.41, 5.74) is 0.893. The van der Waals surface area contributed by atoms with Gasteiger partial charge in [-0.15, -0.1) is 0 Å². The summed E-state index contributed by atoms with van der Waals surface area (Å²) >= 11 is 0. The summed E-state index contributed by atoms with van der Waals surface area (Å²) in [5.74, 6) is 0.698. The first-order valence-corrected chi connectivity index (χ1v) is 7.84. The second-order valence-electron chi connectivity index (χ2n) is 6.14. The van der Waals surface area contributed by atoms with Crippen molar-refractivity contribution >= 4 is 5.82 Å². The SMILES string of the molecule is COc1ncc(CN2C3CC2CN(c2ccccn2)C3)cc1F. The molecule has 120 valence electrons. The Balaban J connectivity index is 1.42. The zero-order valence-corrected chi connectivity index (χ0v) is 13.0. The normalized spacial score (nSPS) is 23.5. The molecule has 23 heavy (non-hydrogen) atoms. The molecule has 0 aliphatic carbocycles. The lowest BCUT2D eigenvalue weighted by molar-refractivity contribution is -0.00884. The summed E-state index contributed by atoms with van der Waals surface area (Å²) in [5, 5.41) is 0. The number of fused-ring (bicyclic) bond motifs is 2. The van der Waals surface area contributed by atoms with Crippen LogP contribution in [-0.2, 0) is 6.54 Å². The minimum absolute atomic E-state index is 0.0545. The van der Waals surface area contributed by atoms with Gasteiger partial charge in [-0.2, -0.15) is 0 Å². The van der Waals surface area contributed by atoms with E-state index < -0.39 is 5.82 Å². The maximum Gasteiger partial charge on any atom is 0.250 e. The third-order valence-corrected chi connectivity index (χ3v) is 4.74. The average molecular weight is 314 g/mol. The first-order chi connectivity index (χ1) is 11.2. The maximum absolute atomic E-state index is 13.8. The van der Waals surface area contributed by atoms with Gasteiger partial charge in [0.05, 0.1) is 7.11 Å². The van der Waals surface area contributed by atoms with Crippen LogP contribution in [0.1, 0.15) is 12.0 Å². The van der Waals surface area contributed by atoms with Gasteiger partial charge in [-0.05, 0) is 30.2 Å². The van der Waals surface area contributed by atoms with Crippen molar-refractivity contribution in [1.82, 2.24) is 14.9 Å². The van der Waals surface area contributed by atoms with Crippen molar-refractivity contribution in [3.63, 3.8) is 0 Å². The summed E-state index contributed by atoms with van der Waals surface area (Å²) in [6.07, 6.45) is 4.74. The number of nitrogens with zero attached hydrogens (tertiary/aromatic N) is 4. The highest BCUT2D eigenvalue weighted by molar-refractivity contribution is 5.40. The number of piperidine rings is 1. The first-order valence-electron chi connectivity index (χ1n) is 7.84. The van der Waals surface area contributed by atoms with E-state index in [9.17, 15) is 4.39 Å². The Kier molecular flexibility index (Phi) is 3.61. The van der Waals surface area contributed by atoms with Crippen molar-refractivity contribution in [3.05, 3.63) is 48.0 Å². The van der Waals surface area contributed by atoms with E-state index in [0.717, 1.165) is 31.0 Å². The van der Waals surface area contributed by atoms with Gasteiger partial charge in [-0.1, -0.05) is 6.07 Å². The van der Waals surface area contributed by atoms with Gasteiger partial charge in [-0.3, -0.25) is 4.90 Å². The zero-order valence-electron chi connectivity index (χ0n) is 13.0. The number of rotatable bonds is 4. The quantitative estimate of drug-likeness (QED) is 0.864. The molecule has 3 fully saturated rings. The van der Waals surface area contributed by atoms with Gasteiger partial charge in [0.2, 0.25) is 5.88 Å². The van der Waals surface area contributed by atoms with E-state index in [4.69, 9.17) is 4.74 Å². The van der Waals surface area contributed by atoms with E-state index in [1.807, 2.05) is 18.3 Å².